The largest absolute Gasteiger partial charge is 0.316 e. The van der Waals surface area contributed by atoms with Gasteiger partial charge in [0.25, 0.3) is 0 Å². The molecule has 19 heavy (non-hydrogen) atoms. The van der Waals surface area contributed by atoms with E-state index in [0.717, 1.165) is 27.6 Å². The molecule has 0 saturated heterocycles. The minimum Gasteiger partial charge on any atom is -0.316 e. The van der Waals surface area contributed by atoms with Gasteiger partial charge in [-0.15, -0.1) is 11.3 Å². The quantitative estimate of drug-likeness (QED) is 0.903. The molecule has 0 fully saturated rings. The molecule has 102 valence electrons. The molecule has 5 nitrogen and oxygen atoms in total. The SMILES string of the molecule is Cc1ncsc1NC(=O)CC(C)c1c(C)n[nH]c1C. The zero-order chi connectivity index (χ0) is 14.0. The van der Waals surface area contributed by atoms with Crippen LogP contribution in [0.15, 0.2) is 5.51 Å². The molecule has 2 aromatic rings. The number of anilines is 1. The molecule has 0 aliphatic heterocycles. The number of carbonyl (C=O) groups excluding carboxylic acids is 1. The summed E-state index contributed by atoms with van der Waals surface area (Å²) in [6.07, 6.45) is 0.443. The van der Waals surface area contributed by atoms with Crippen LogP contribution in [0.4, 0.5) is 5.00 Å². The molecule has 1 amide bonds. The highest BCUT2D eigenvalue weighted by Crippen LogP contribution is 2.25. The lowest BCUT2D eigenvalue weighted by Gasteiger charge is -2.11. The fraction of sp³-hybridized carbons (Fsp3) is 0.462. The van der Waals surface area contributed by atoms with E-state index in [1.54, 1.807) is 5.51 Å². The smallest absolute Gasteiger partial charge is 0.225 e. The highest BCUT2D eigenvalue weighted by atomic mass is 32.1. The van der Waals surface area contributed by atoms with Gasteiger partial charge in [-0.3, -0.25) is 9.89 Å². The Morgan fingerprint density at radius 3 is 2.68 bits per heavy atom. The van der Waals surface area contributed by atoms with Crippen LogP contribution in [0.2, 0.25) is 0 Å². The van der Waals surface area contributed by atoms with Crippen LogP contribution >= 0.6 is 11.3 Å². The first-order valence-corrected chi connectivity index (χ1v) is 7.08. The van der Waals surface area contributed by atoms with Crippen LogP contribution in [0.5, 0.6) is 0 Å². The van der Waals surface area contributed by atoms with Crippen LogP contribution < -0.4 is 5.32 Å². The molecule has 2 N–H and O–H groups in total. The number of aryl methyl sites for hydroxylation is 3. The number of nitrogens with one attached hydrogen (secondary N) is 2. The van der Waals surface area contributed by atoms with Gasteiger partial charge in [0, 0.05) is 12.1 Å². The van der Waals surface area contributed by atoms with Gasteiger partial charge in [0.15, 0.2) is 0 Å². The second-order valence-corrected chi connectivity index (χ2v) is 5.62. The number of amides is 1. The molecule has 0 radical (unpaired) electrons. The molecule has 0 aliphatic rings. The first-order valence-electron chi connectivity index (χ1n) is 6.20. The molecular weight excluding hydrogens is 260 g/mol. The van der Waals surface area contributed by atoms with E-state index in [4.69, 9.17) is 0 Å². The van der Waals surface area contributed by atoms with Crippen molar-refractivity contribution < 1.29 is 4.79 Å². The van der Waals surface area contributed by atoms with Gasteiger partial charge in [0.2, 0.25) is 5.91 Å². The molecule has 2 rings (SSSR count). The fourth-order valence-corrected chi connectivity index (χ4v) is 2.98. The number of hydrogen-bond donors (Lipinski definition) is 2. The van der Waals surface area contributed by atoms with E-state index in [1.165, 1.54) is 11.3 Å². The Morgan fingerprint density at radius 1 is 1.42 bits per heavy atom. The summed E-state index contributed by atoms with van der Waals surface area (Å²) in [5.74, 6) is 0.159. The number of aromatic nitrogens is 3. The van der Waals surface area contributed by atoms with Crippen molar-refractivity contribution in [2.45, 2.75) is 40.0 Å². The van der Waals surface area contributed by atoms with Crippen LogP contribution in [0, 0.1) is 20.8 Å². The highest BCUT2D eigenvalue weighted by molar-refractivity contribution is 7.14. The maximum Gasteiger partial charge on any atom is 0.225 e. The molecule has 1 atom stereocenters. The Labute approximate surface area is 116 Å². The van der Waals surface area contributed by atoms with E-state index in [9.17, 15) is 4.79 Å². The number of nitrogens with zero attached hydrogens (tertiary/aromatic N) is 2. The lowest BCUT2D eigenvalue weighted by atomic mass is 9.96. The average Bonchev–Trinajstić information content (AvgIpc) is 2.86. The fourth-order valence-electron chi connectivity index (χ4n) is 2.27. The van der Waals surface area contributed by atoms with Gasteiger partial charge in [-0.05, 0) is 32.3 Å². The molecule has 1 unspecified atom stereocenters. The molecule has 0 aromatic carbocycles. The lowest BCUT2D eigenvalue weighted by Crippen LogP contribution is -2.14. The zero-order valence-corrected chi connectivity index (χ0v) is 12.4. The standard InChI is InChI=1S/C13H18N4OS/c1-7(12-8(2)16-17-9(12)3)5-11(18)15-13-10(4)14-6-19-13/h6-7H,5H2,1-4H3,(H,15,18)(H,16,17). The number of carbonyl (C=O) groups is 1. The first kappa shape index (κ1) is 13.7. The van der Waals surface area contributed by atoms with Crippen molar-refractivity contribution in [3.63, 3.8) is 0 Å². The molecule has 0 spiro atoms. The maximum atomic E-state index is 12.0. The summed E-state index contributed by atoms with van der Waals surface area (Å²) in [5.41, 5.74) is 5.73. The Hall–Kier alpha value is -1.69. The number of thiazole rings is 1. The zero-order valence-electron chi connectivity index (χ0n) is 11.6. The summed E-state index contributed by atoms with van der Waals surface area (Å²) in [6, 6.07) is 0. The first-order chi connectivity index (χ1) is 8.99. The van der Waals surface area contributed by atoms with Crippen molar-refractivity contribution in [3.8, 4) is 0 Å². The van der Waals surface area contributed by atoms with E-state index < -0.39 is 0 Å². The summed E-state index contributed by atoms with van der Waals surface area (Å²) < 4.78 is 0. The van der Waals surface area contributed by atoms with Crippen LogP contribution in [-0.4, -0.2) is 21.1 Å². The van der Waals surface area contributed by atoms with Crippen LogP contribution in [-0.2, 0) is 4.79 Å². The molecule has 6 heteroatoms. The Bertz CT molecular complexity index is 568. The molecule has 2 heterocycles. The molecule has 0 saturated carbocycles. The predicted molar refractivity (Wildman–Crippen MR) is 76.6 cm³/mol. The monoisotopic (exact) mass is 278 g/mol. The average molecular weight is 278 g/mol. The van der Waals surface area contributed by atoms with E-state index in [1.807, 2.05) is 27.7 Å². The number of rotatable bonds is 4. The summed E-state index contributed by atoms with van der Waals surface area (Å²) in [4.78, 5) is 16.1. The Kier molecular flexibility index (Phi) is 3.99. The lowest BCUT2D eigenvalue weighted by molar-refractivity contribution is -0.116. The van der Waals surface area contributed by atoms with Crippen LogP contribution in [0.3, 0.4) is 0 Å². The third kappa shape index (κ3) is 3.01. The molecular formula is C13H18N4OS. The maximum absolute atomic E-state index is 12.0. The predicted octanol–water partition coefficient (Wildman–Crippen LogP) is 2.92. The topological polar surface area (TPSA) is 70.7 Å². The van der Waals surface area contributed by atoms with E-state index in [2.05, 4.69) is 20.5 Å². The summed E-state index contributed by atoms with van der Waals surface area (Å²) >= 11 is 1.45. The van der Waals surface area contributed by atoms with E-state index in [0.29, 0.717) is 6.42 Å². The van der Waals surface area contributed by atoms with E-state index >= 15 is 0 Å². The van der Waals surface area contributed by atoms with Gasteiger partial charge in [0.1, 0.15) is 5.00 Å². The van der Waals surface area contributed by atoms with Gasteiger partial charge in [0.05, 0.1) is 16.9 Å². The second-order valence-electron chi connectivity index (χ2n) is 4.77. The van der Waals surface area contributed by atoms with Crippen molar-refractivity contribution in [1.82, 2.24) is 15.2 Å². The number of H-pyrrole nitrogens is 1. The second kappa shape index (κ2) is 5.52. The van der Waals surface area contributed by atoms with Gasteiger partial charge in [-0.2, -0.15) is 5.10 Å². The summed E-state index contributed by atoms with van der Waals surface area (Å²) in [7, 11) is 0. The van der Waals surface area contributed by atoms with Crippen LogP contribution in [0.1, 0.15) is 41.9 Å². The van der Waals surface area contributed by atoms with Gasteiger partial charge < -0.3 is 5.32 Å². The Balaban J connectivity index is 2.01. The van der Waals surface area contributed by atoms with Crippen molar-refractivity contribution in [2.24, 2.45) is 0 Å². The van der Waals surface area contributed by atoms with Crippen molar-refractivity contribution >= 4 is 22.2 Å². The van der Waals surface area contributed by atoms with Crippen molar-refractivity contribution in [1.29, 1.82) is 0 Å². The molecule has 0 bridgehead atoms. The number of aromatic amines is 1. The van der Waals surface area contributed by atoms with Gasteiger partial charge >= 0.3 is 0 Å². The minimum atomic E-state index is 0.0138. The summed E-state index contributed by atoms with van der Waals surface area (Å²) in [5, 5.41) is 10.9. The Morgan fingerprint density at radius 2 is 2.16 bits per heavy atom. The van der Waals surface area contributed by atoms with E-state index in [-0.39, 0.29) is 11.8 Å². The third-order valence-corrected chi connectivity index (χ3v) is 4.01. The molecule has 0 aliphatic carbocycles. The minimum absolute atomic E-state index is 0.0138. The molecule has 2 aromatic heterocycles. The van der Waals surface area contributed by atoms with Gasteiger partial charge in [-0.25, -0.2) is 4.98 Å². The third-order valence-electron chi connectivity index (χ3n) is 3.17. The van der Waals surface area contributed by atoms with Crippen molar-refractivity contribution in [2.75, 3.05) is 5.32 Å². The summed E-state index contributed by atoms with van der Waals surface area (Å²) in [6.45, 7) is 7.88. The van der Waals surface area contributed by atoms with Crippen LogP contribution in [0.25, 0.3) is 0 Å². The van der Waals surface area contributed by atoms with Gasteiger partial charge in [-0.1, -0.05) is 6.92 Å². The van der Waals surface area contributed by atoms with Crippen molar-refractivity contribution in [3.05, 3.63) is 28.2 Å². The normalized spacial score (nSPS) is 12.4. The highest BCUT2D eigenvalue weighted by Gasteiger charge is 2.18. The number of hydrogen-bond acceptors (Lipinski definition) is 4.